The van der Waals surface area contributed by atoms with E-state index in [4.69, 9.17) is 6.42 Å². The van der Waals surface area contributed by atoms with Gasteiger partial charge in [0.05, 0.1) is 0 Å². The highest BCUT2D eigenvalue weighted by Gasteiger charge is 1.99. The summed E-state index contributed by atoms with van der Waals surface area (Å²) in [5, 5.41) is 6.00. The maximum absolute atomic E-state index is 11.2. The summed E-state index contributed by atoms with van der Waals surface area (Å²) in [5.41, 5.74) is 0. The van der Waals surface area contributed by atoms with E-state index in [1.165, 1.54) is 0 Å². The molecule has 0 unspecified atom stereocenters. The Kier molecular flexibility index (Phi) is 7.96. The molecule has 0 aromatic heterocycles. The van der Waals surface area contributed by atoms with Crippen LogP contribution in [0.5, 0.6) is 0 Å². The van der Waals surface area contributed by atoms with Crippen LogP contribution >= 0.6 is 0 Å². The summed E-state index contributed by atoms with van der Waals surface area (Å²) in [6.07, 6.45) is 7.21. The van der Waals surface area contributed by atoms with Crippen LogP contribution in [-0.2, 0) is 4.79 Å². The standard InChI is InChI=1S/C11H20N2O/c1-4-5-6-8-13-11(14)7-9-12-10(2)3/h1,10,12H,5-9H2,2-3H3,(H,13,14). The molecule has 0 aliphatic heterocycles. The van der Waals surface area contributed by atoms with Crippen LogP contribution in [0.4, 0.5) is 0 Å². The zero-order valence-electron chi connectivity index (χ0n) is 9.10. The van der Waals surface area contributed by atoms with Crippen molar-refractivity contribution in [1.29, 1.82) is 0 Å². The van der Waals surface area contributed by atoms with Crippen molar-refractivity contribution in [3.8, 4) is 12.3 Å². The Hall–Kier alpha value is -1.01. The lowest BCUT2D eigenvalue weighted by atomic mass is 10.3. The van der Waals surface area contributed by atoms with Gasteiger partial charge in [0.1, 0.15) is 0 Å². The maximum Gasteiger partial charge on any atom is 0.221 e. The van der Waals surface area contributed by atoms with E-state index < -0.39 is 0 Å². The molecule has 0 bridgehead atoms. The van der Waals surface area contributed by atoms with Crippen LogP contribution in [0.1, 0.15) is 33.1 Å². The molecule has 0 aliphatic rings. The van der Waals surface area contributed by atoms with Crippen LogP contribution in [0, 0.1) is 12.3 Å². The van der Waals surface area contributed by atoms with E-state index >= 15 is 0 Å². The number of nitrogens with one attached hydrogen (secondary N) is 2. The van der Waals surface area contributed by atoms with E-state index in [9.17, 15) is 4.79 Å². The lowest BCUT2D eigenvalue weighted by Gasteiger charge is -2.07. The van der Waals surface area contributed by atoms with Gasteiger partial charge < -0.3 is 10.6 Å². The summed E-state index contributed by atoms with van der Waals surface area (Å²) in [6.45, 7) is 5.54. The van der Waals surface area contributed by atoms with E-state index in [1.54, 1.807) is 0 Å². The lowest BCUT2D eigenvalue weighted by Crippen LogP contribution is -2.30. The zero-order valence-corrected chi connectivity index (χ0v) is 9.10. The van der Waals surface area contributed by atoms with E-state index in [0.717, 1.165) is 19.4 Å². The number of carbonyl (C=O) groups excluding carboxylic acids is 1. The first kappa shape index (κ1) is 13.0. The van der Waals surface area contributed by atoms with Gasteiger partial charge in [-0.1, -0.05) is 13.8 Å². The lowest BCUT2D eigenvalue weighted by molar-refractivity contribution is -0.121. The molecule has 0 saturated carbocycles. The monoisotopic (exact) mass is 196 g/mol. The summed E-state index contributed by atoms with van der Waals surface area (Å²) in [5.74, 6) is 2.63. The average Bonchev–Trinajstić information content (AvgIpc) is 2.12. The van der Waals surface area contributed by atoms with Crippen molar-refractivity contribution in [1.82, 2.24) is 10.6 Å². The largest absolute Gasteiger partial charge is 0.356 e. The van der Waals surface area contributed by atoms with Gasteiger partial charge in [-0.2, -0.15) is 0 Å². The van der Waals surface area contributed by atoms with E-state index in [-0.39, 0.29) is 5.91 Å². The van der Waals surface area contributed by atoms with Crippen LogP contribution < -0.4 is 10.6 Å². The Morgan fingerprint density at radius 1 is 1.43 bits per heavy atom. The number of terminal acetylenes is 1. The van der Waals surface area contributed by atoms with Gasteiger partial charge in [0.2, 0.25) is 5.91 Å². The fourth-order valence-electron chi connectivity index (χ4n) is 0.981. The number of amides is 1. The second-order valence-electron chi connectivity index (χ2n) is 3.52. The van der Waals surface area contributed by atoms with E-state index in [1.807, 2.05) is 0 Å². The van der Waals surface area contributed by atoms with Gasteiger partial charge in [-0.05, 0) is 6.42 Å². The Labute approximate surface area is 86.6 Å². The molecule has 0 atom stereocenters. The molecule has 0 saturated heterocycles. The molecule has 0 aliphatic carbocycles. The van der Waals surface area contributed by atoms with Crippen LogP contribution in [0.2, 0.25) is 0 Å². The SMILES string of the molecule is C#CCCCNC(=O)CCNC(C)C. The summed E-state index contributed by atoms with van der Waals surface area (Å²) >= 11 is 0. The second-order valence-corrected chi connectivity index (χ2v) is 3.52. The van der Waals surface area contributed by atoms with Crippen molar-refractivity contribution < 1.29 is 4.79 Å². The molecule has 0 heterocycles. The minimum absolute atomic E-state index is 0.0928. The Morgan fingerprint density at radius 3 is 2.71 bits per heavy atom. The molecule has 0 radical (unpaired) electrons. The second kappa shape index (κ2) is 8.58. The minimum Gasteiger partial charge on any atom is -0.356 e. The number of hydrogen-bond acceptors (Lipinski definition) is 2. The van der Waals surface area contributed by atoms with Crippen molar-refractivity contribution in [2.24, 2.45) is 0 Å². The summed E-state index contributed by atoms with van der Waals surface area (Å²) in [7, 11) is 0. The predicted molar refractivity (Wildman–Crippen MR) is 58.8 cm³/mol. The van der Waals surface area contributed by atoms with Crippen LogP contribution in [0.25, 0.3) is 0 Å². The van der Waals surface area contributed by atoms with Crippen LogP contribution in [-0.4, -0.2) is 25.0 Å². The van der Waals surface area contributed by atoms with Gasteiger partial charge in [0.15, 0.2) is 0 Å². The molecule has 80 valence electrons. The van der Waals surface area contributed by atoms with E-state index in [0.29, 0.717) is 19.0 Å². The molecule has 1 amide bonds. The Balaban J connectivity index is 3.25. The Bertz CT molecular complexity index is 194. The number of unbranched alkanes of at least 4 members (excludes halogenated alkanes) is 1. The maximum atomic E-state index is 11.2. The predicted octanol–water partition coefficient (Wildman–Crippen LogP) is 0.904. The first-order chi connectivity index (χ1) is 6.66. The van der Waals surface area contributed by atoms with E-state index in [2.05, 4.69) is 30.4 Å². The highest BCUT2D eigenvalue weighted by atomic mass is 16.1. The molecule has 0 aromatic rings. The third-order valence-corrected chi connectivity index (χ3v) is 1.72. The normalized spacial score (nSPS) is 9.86. The fourth-order valence-corrected chi connectivity index (χ4v) is 0.981. The van der Waals surface area contributed by atoms with Crippen molar-refractivity contribution >= 4 is 5.91 Å². The first-order valence-corrected chi connectivity index (χ1v) is 5.10. The molecule has 2 N–H and O–H groups in total. The zero-order chi connectivity index (χ0) is 10.8. The van der Waals surface area contributed by atoms with Crippen molar-refractivity contribution in [2.45, 2.75) is 39.2 Å². The van der Waals surface area contributed by atoms with Gasteiger partial charge in [0, 0.05) is 32.0 Å². The summed E-state index contributed by atoms with van der Waals surface area (Å²) in [6, 6.07) is 0.434. The fraction of sp³-hybridized carbons (Fsp3) is 0.727. The van der Waals surface area contributed by atoms with Crippen molar-refractivity contribution in [3.63, 3.8) is 0 Å². The van der Waals surface area contributed by atoms with Gasteiger partial charge >= 0.3 is 0 Å². The molecule has 0 fully saturated rings. The topological polar surface area (TPSA) is 41.1 Å². The molecule has 0 spiro atoms. The molecular formula is C11H20N2O. The minimum atomic E-state index is 0.0928. The highest BCUT2D eigenvalue weighted by molar-refractivity contribution is 5.75. The van der Waals surface area contributed by atoms with Crippen LogP contribution in [0.15, 0.2) is 0 Å². The number of rotatable bonds is 7. The van der Waals surface area contributed by atoms with Crippen molar-refractivity contribution in [2.75, 3.05) is 13.1 Å². The molecule has 0 rings (SSSR count). The third kappa shape index (κ3) is 9.08. The highest BCUT2D eigenvalue weighted by Crippen LogP contribution is 1.85. The van der Waals surface area contributed by atoms with Crippen molar-refractivity contribution in [3.05, 3.63) is 0 Å². The smallest absolute Gasteiger partial charge is 0.221 e. The van der Waals surface area contributed by atoms with Gasteiger partial charge in [-0.15, -0.1) is 12.3 Å². The number of hydrogen-bond donors (Lipinski definition) is 2. The molecular weight excluding hydrogens is 176 g/mol. The Morgan fingerprint density at radius 2 is 2.14 bits per heavy atom. The third-order valence-electron chi connectivity index (χ3n) is 1.72. The quantitative estimate of drug-likeness (QED) is 0.469. The molecule has 3 heteroatoms. The number of carbonyl (C=O) groups is 1. The van der Waals surface area contributed by atoms with Gasteiger partial charge in [-0.3, -0.25) is 4.79 Å². The molecule has 3 nitrogen and oxygen atoms in total. The van der Waals surface area contributed by atoms with Gasteiger partial charge in [-0.25, -0.2) is 0 Å². The summed E-state index contributed by atoms with van der Waals surface area (Å²) in [4.78, 5) is 11.2. The van der Waals surface area contributed by atoms with Gasteiger partial charge in [0.25, 0.3) is 0 Å². The molecule has 14 heavy (non-hydrogen) atoms. The first-order valence-electron chi connectivity index (χ1n) is 5.10. The average molecular weight is 196 g/mol. The molecule has 0 aromatic carbocycles. The summed E-state index contributed by atoms with van der Waals surface area (Å²) < 4.78 is 0. The van der Waals surface area contributed by atoms with Crippen LogP contribution in [0.3, 0.4) is 0 Å².